The molecule has 0 bridgehead atoms. The monoisotopic (exact) mass is 193 g/mol. The summed E-state index contributed by atoms with van der Waals surface area (Å²) >= 11 is 0. The standard InChI is InChI=1S/C9H11N3O2/c1-2-7-5-11-8(14-7)6-12-4-3-10-9(12)13/h3-5H,2,6H2,1H3,(H,10,13). The molecule has 2 aromatic heterocycles. The second kappa shape index (κ2) is 3.53. The Labute approximate surface area is 80.4 Å². The molecule has 0 aliphatic carbocycles. The van der Waals surface area contributed by atoms with Crippen LogP contribution in [0.15, 0.2) is 27.8 Å². The van der Waals surface area contributed by atoms with Crippen LogP contribution >= 0.6 is 0 Å². The number of H-pyrrole nitrogens is 1. The average Bonchev–Trinajstić information content (AvgIpc) is 2.77. The van der Waals surface area contributed by atoms with Crippen molar-refractivity contribution < 1.29 is 4.42 Å². The quantitative estimate of drug-likeness (QED) is 0.783. The molecule has 0 fully saturated rings. The highest BCUT2D eigenvalue weighted by atomic mass is 16.4. The summed E-state index contributed by atoms with van der Waals surface area (Å²) in [6.45, 7) is 2.37. The van der Waals surface area contributed by atoms with Gasteiger partial charge in [-0.1, -0.05) is 6.92 Å². The molecule has 0 aromatic carbocycles. The van der Waals surface area contributed by atoms with Crippen LogP contribution in [0.2, 0.25) is 0 Å². The summed E-state index contributed by atoms with van der Waals surface area (Å²) in [4.78, 5) is 17.7. The Bertz CT molecular complexity index is 466. The Kier molecular flexibility index (Phi) is 2.22. The van der Waals surface area contributed by atoms with Gasteiger partial charge in [0.05, 0.1) is 6.20 Å². The van der Waals surface area contributed by atoms with Gasteiger partial charge >= 0.3 is 5.69 Å². The van der Waals surface area contributed by atoms with E-state index in [2.05, 4.69) is 9.97 Å². The molecule has 2 aromatic rings. The van der Waals surface area contributed by atoms with Crippen LogP contribution in [0.3, 0.4) is 0 Å². The first-order chi connectivity index (χ1) is 6.79. The van der Waals surface area contributed by atoms with E-state index in [9.17, 15) is 4.79 Å². The fraction of sp³-hybridized carbons (Fsp3) is 0.333. The maximum Gasteiger partial charge on any atom is 0.325 e. The van der Waals surface area contributed by atoms with Crippen molar-refractivity contribution in [3.8, 4) is 0 Å². The number of hydrogen-bond donors (Lipinski definition) is 1. The van der Waals surface area contributed by atoms with E-state index in [1.54, 1.807) is 18.6 Å². The Morgan fingerprint density at radius 2 is 2.50 bits per heavy atom. The third-order valence-electron chi connectivity index (χ3n) is 1.98. The Morgan fingerprint density at radius 3 is 3.07 bits per heavy atom. The Hall–Kier alpha value is -1.78. The lowest BCUT2D eigenvalue weighted by Crippen LogP contribution is -2.16. The molecule has 2 rings (SSSR count). The lowest BCUT2D eigenvalue weighted by molar-refractivity contribution is 0.444. The smallest absolute Gasteiger partial charge is 0.325 e. The van der Waals surface area contributed by atoms with Crippen molar-refractivity contribution in [1.29, 1.82) is 0 Å². The molecule has 0 spiro atoms. The summed E-state index contributed by atoms with van der Waals surface area (Å²) in [7, 11) is 0. The minimum atomic E-state index is -0.152. The van der Waals surface area contributed by atoms with E-state index in [0.29, 0.717) is 12.4 Å². The molecular formula is C9H11N3O2. The molecule has 0 atom stereocenters. The molecule has 0 aliphatic rings. The van der Waals surface area contributed by atoms with Crippen LogP contribution in [0.1, 0.15) is 18.6 Å². The Morgan fingerprint density at radius 1 is 1.64 bits per heavy atom. The minimum Gasteiger partial charge on any atom is -0.444 e. The minimum absolute atomic E-state index is 0.152. The van der Waals surface area contributed by atoms with Gasteiger partial charge in [-0.25, -0.2) is 9.78 Å². The first kappa shape index (κ1) is 8.80. The zero-order valence-electron chi connectivity index (χ0n) is 7.86. The van der Waals surface area contributed by atoms with Crippen LogP contribution in [-0.4, -0.2) is 14.5 Å². The predicted octanol–water partition coefficient (Wildman–Crippen LogP) is 0.775. The van der Waals surface area contributed by atoms with E-state index >= 15 is 0 Å². The SMILES string of the molecule is CCc1cnc(Cn2cc[nH]c2=O)o1. The highest BCUT2D eigenvalue weighted by Gasteiger charge is 2.04. The number of oxazole rings is 1. The number of imidazole rings is 1. The molecule has 0 saturated carbocycles. The summed E-state index contributed by atoms with van der Waals surface area (Å²) in [5, 5.41) is 0. The second-order valence-electron chi connectivity index (χ2n) is 2.97. The van der Waals surface area contributed by atoms with Crippen LogP contribution in [-0.2, 0) is 13.0 Å². The molecule has 0 saturated heterocycles. The largest absolute Gasteiger partial charge is 0.444 e. The lowest BCUT2D eigenvalue weighted by atomic mass is 10.4. The van der Waals surface area contributed by atoms with Gasteiger partial charge in [0.2, 0.25) is 5.89 Å². The topological polar surface area (TPSA) is 63.8 Å². The summed E-state index contributed by atoms with van der Waals surface area (Å²) in [5.41, 5.74) is -0.152. The number of rotatable bonds is 3. The molecule has 5 nitrogen and oxygen atoms in total. The fourth-order valence-electron chi connectivity index (χ4n) is 1.20. The van der Waals surface area contributed by atoms with Crippen LogP contribution < -0.4 is 5.69 Å². The van der Waals surface area contributed by atoms with Gasteiger partial charge in [0.15, 0.2) is 0 Å². The molecule has 0 aliphatic heterocycles. The van der Waals surface area contributed by atoms with Crippen molar-refractivity contribution in [1.82, 2.24) is 14.5 Å². The van der Waals surface area contributed by atoms with Crippen molar-refractivity contribution in [3.63, 3.8) is 0 Å². The second-order valence-corrected chi connectivity index (χ2v) is 2.97. The molecule has 1 N–H and O–H groups in total. The van der Waals surface area contributed by atoms with E-state index in [-0.39, 0.29) is 5.69 Å². The molecule has 74 valence electrons. The highest BCUT2D eigenvalue weighted by molar-refractivity contribution is 4.94. The van der Waals surface area contributed by atoms with Gasteiger partial charge in [0.1, 0.15) is 12.3 Å². The number of hydrogen-bond acceptors (Lipinski definition) is 3. The van der Waals surface area contributed by atoms with Crippen molar-refractivity contribution in [3.05, 3.63) is 40.7 Å². The first-order valence-corrected chi connectivity index (χ1v) is 4.47. The van der Waals surface area contributed by atoms with E-state index in [1.807, 2.05) is 6.92 Å². The summed E-state index contributed by atoms with van der Waals surface area (Å²) in [5.74, 6) is 1.40. The van der Waals surface area contributed by atoms with E-state index in [1.165, 1.54) is 4.57 Å². The summed E-state index contributed by atoms with van der Waals surface area (Å²) in [6.07, 6.45) is 5.76. The fourth-order valence-corrected chi connectivity index (χ4v) is 1.20. The van der Waals surface area contributed by atoms with Gasteiger partial charge in [0.25, 0.3) is 0 Å². The third-order valence-corrected chi connectivity index (χ3v) is 1.98. The predicted molar refractivity (Wildman–Crippen MR) is 50.0 cm³/mol. The molecule has 0 amide bonds. The van der Waals surface area contributed by atoms with Crippen LogP contribution in [0.5, 0.6) is 0 Å². The van der Waals surface area contributed by atoms with Crippen LogP contribution in [0, 0.1) is 0 Å². The lowest BCUT2D eigenvalue weighted by Gasteiger charge is -1.94. The zero-order valence-corrected chi connectivity index (χ0v) is 7.86. The number of nitrogens with one attached hydrogen (secondary N) is 1. The normalized spacial score (nSPS) is 10.6. The zero-order chi connectivity index (χ0) is 9.97. The van der Waals surface area contributed by atoms with E-state index in [4.69, 9.17) is 4.42 Å². The molecular weight excluding hydrogens is 182 g/mol. The number of aromatic amines is 1. The van der Waals surface area contributed by atoms with Crippen molar-refractivity contribution in [2.45, 2.75) is 19.9 Å². The van der Waals surface area contributed by atoms with Gasteiger partial charge < -0.3 is 9.40 Å². The number of aromatic nitrogens is 3. The Balaban J connectivity index is 2.19. The molecule has 2 heterocycles. The average molecular weight is 193 g/mol. The van der Waals surface area contributed by atoms with Gasteiger partial charge in [-0.05, 0) is 0 Å². The van der Waals surface area contributed by atoms with Crippen molar-refractivity contribution in [2.24, 2.45) is 0 Å². The number of nitrogens with zero attached hydrogens (tertiary/aromatic N) is 2. The van der Waals surface area contributed by atoms with Gasteiger partial charge in [-0.2, -0.15) is 0 Å². The van der Waals surface area contributed by atoms with Crippen molar-refractivity contribution in [2.75, 3.05) is 0 Å². The summed E-state index contributed by atoms with van der Waals surface area (Å²) in [6, 6.07) is 0. The van der Waals surface area contributed by atoms with E-state index < -0.39 is 0 Å². The van der Waals surface area contributed by atoms with Crippen molar-refractivity contribution >= 4 is 0 Å². The first-order valence-electron chi connectivity index (χ1n) is 4.47. The maximum absolute atomic E-state index is 11.1. The van der Waals surface area contributed by atoms with Gasteiger partial charge in [-0.15, -0.1) is 0 Å². The van der Waals surface area contributed by atoms with Gasteiger partial charge in [0, 0.05) is 18.8 Å². The number of aryl methyl sites for hydroxylation is 1. The summed E-state index contributed by atoms with van der Waals surface area (Å²) < 4.78 is 6.88. The molecule has 14 heavy (non-hydrogen) atoms. The highest BCUT2D eigenvalue weighted by Crippen LogP contribution is 2.04. The molecule has 0 radical (unpaired) electrons. The molecule has 0 unspecified atom stereocenters. The van der Waals surface area contributed by atoms with E-state index in [0.717, 1.165) is 12.2 Å². The molecule has 5 heteroatoms. The third kappa shape index (κ3) is 1.61. The van der Waals surface area contributed by atoms with Crippen LogP contribution in [0.25, 0.3) is 0 Å². The van der Waals surface area contributed by atoms with Crippen LogP contribution in [0.4, 0.5) is 0 Å². The maximum atomic E-state index is 11.1. The van der Waals surface area contributed by atoms with Gasteiger partial charge in [-0.3, -0.25) is 4.57 Å².